The molecule has 0 spiro atoms. The second kappa shape index (κ2) is 4.47. The molecular formula is C11H19NSi. The topological polar surface area (TPSA) is 12.0 Å². The van der Waals surface area contributed by atoms with Gasteiger partial charge >= 0.3 is 0 Å². The number of anilines is 1. The Hall–Kier alpha value is -0.763. The van der Waals surface area contributed by atoms with Gasteiger partial charge in [0.05, 0.1) is 0 Å². The maximum atomic E-state index is 3.26. The summed E-state index contributed by atoms with van der Waals surface area (Å²) in [4.78, 5) is 0. The number of hydrogen-bond acceptors (Lipinski definition) is 1. The lowest BCUT2D eigenvalue weighted by atomic mass is 10.0. The summed E-state index contributed by atoms with van der Waals surface area (Å²) in [5.74, 6) is 0. The summed E-state index contributed by atoms with van der Waals surface area (Å²) < 4.78 is 0. The van der Waals surface area contributed by atoms with Crippen LogP contribution in [-0.2, 0) is 12.8 Å². The zero-order valence-corrected chi connectivity index (χ0v) is 11.1. The SMILES string of the molecule is CCc1c([SiH3])ccc(NC)c1CC. The zero-order chi connectivity index (χ0) is 9.84. The van der Waals surface area contributed by atoms with Gasteiger partial charge in [0.1, 0.15) is 0 Å². The molecule has 1 aromatic carbocycles. The van der Waals surface area contributed by atoms with Gasteiger partial charge < -0.3 is 5.32 Å². The maximum Gasteiger partial charge on any atom is 0.0388 e. The van der Waals surface area contributed by atoms with Crippen molar-refractivity contribution in [2.45, 2.75) is 26.7 Å². The van der Waals surface area contributed by atoms with Crippen LogP contribution in [0.3, 0.4) is 0 Å². The highest BCUT2D eigenvalue weighted by Gasteiger charge is 2.06. The molecular weight excluding hydrogens is 174 g/mol. The first kappa shape index (κ1) is 10.3. The monoisotopic (exact) mass is 193 g/mol. The van der Waals surface area contributed by atoms with E-state index in [9.17, 15) is 0 Å². The number of hydrogen-bond donors (Lipinski definition) is 1. The van der Waals surface area contributed by atoms with E-state index in [1.807, 2.05) is 7.05 Å². The third-order valence-corrected chi connectivity index (χ3v) is 3.58. The second-order valence-electron chi connectivity index (χ2n) is 3.34. The average Bonchev–Trinajstić information content (AvgIpc) is 2.17. The molecule has 0 aliphatic rings. The van der Waals surface area contributed by atoms with E-state index >= 15 is 0 Å². The highest BCUT2D eigenvalue weighted by Crippen LogP contribution is 2.18. The quantitative estimate of drug-likeness (QED) is 0.702. The first-order chi connectivity index (χ1) is 6.24. The summed E-state index contributed by atoms with van der Waals surface area (Å²) in [5.41, 5.74) is 4.39. The van der Waals surface area contributed by atoms with Crippen molar-refractivity contribution in [3.05, 3.63) is 23.3 Å². The van der Waals surface area contributed by atoms with Crippen molar-refractivity contribution in [2.24, 2.45) is 0 Å². The Balaban J connectivity index is 3.27. The van der Waals surface area contributed by atoms with E-state index in [0.717, 1.165) is 23.1 Å². The van der Waals surface area contributed by atoms with E-state index < -0.39 is 0 Å². The van der Waals surface area contributed by atoms with E-state index in [1.54, 1.807) is 10.8 Å². The van der Waals surface area contributed by atoms with Crippen molar-refractivity contribution in [1.29, 1.82) is 0 Å². The highest BCUT2D eigenvalue weighted by molar-refractivity contribution is 6.33. The van der Waals surface area contributed by atoms with E-state index in [4.69, 9.17) is 0 Å². The Bertz CT molecular complexity index is 294. The van der Waals surface area contributed by atoms with Crippen LogP contribution >= 0.6 is 0 Å². The molecule has 0 radical (unpaired) electrons. The van der Waals surface area contributed by atoms with Crippen LogP contribution in [0.5, 0.6) is 0 Å². The smallest absolute Gasteiger partial charge is 0.0388 e. The van der Waals surface area contributed by atoms with E-state index in [-0.39, 0.29) is 0 Å². The minimum Gasteiger partial charge on any atom is -0.388 e. The van der Waals surface area contributed by atoms with Crippen LogP contribution in [0, 0.1) is 0 Å². The highest BCUT2D eigenvalue weighted by atomic mass is 28.1. The van der Waals surface area contributed by atoms with E-state index in [1.165, 1.54) is 11.3 Å². The van der Waals surface area contributed by atoms with Gasteiger partial charge in [-0.1, -0.05) is 25.1 Å². The predicted molar refractivity (Wildman–Crippen MR) is 64.3 cm³/mol. The van der Waals surface area contributed by atoms with Gasteiger partial charge in [0.15, 0.2) is 0 Å². The lowest BCUT2D eigenvalue weighted by Gasteiger charge is -2.14. The Kier molecular flexibility index (Phi) is 3.55. The Morgan fingerprint density at radius 2 is 1.77 bits per heavy atom. The molecule has 0 saturated heterocycles. The van der Waals surface area contributed by atoms with Crippen molar-refractivity contribution in [1.82, 2.24) is 0 Å². The summed E-state index contributed by atoms with van der Waals surface area (Å²) >= 11 is 0. The molecule has 2 heteroatoms. The molecule has 13 heavy (non-hydrogen) atoms. The summed E-state index contributed by atoms with van der Waals surface area (Å²) in [6.45, 7) is 4.48. The predicted octanol–water partition coefficient (Wildman–Crippen LogP) is 0.844. The van der Waals surface area contributed by atoms with Crippen LogP contribution in [0.15, 0.2) is 12.1 Å². The van der Waals surface area contributed by atoms with Gasteiger partial charge in [-0.05, 0) is 30.0 Å². The number of rotatable bonds is 3. The van der Waals surface area contributed by atoms with E-state index in [0.29, 0.717) is 0 Å². The summed E-state index contributed by atoms with van der Waals surface area (Å²) in [6, 6.07) is 4.47. The lowest BCUT2D eigenvalue weighted by Crippen LogP contribution is -2.14. The van der Waals surface area contributed by atoms with Crippen LogP contribution in [0.4, 0.5) is 5.69 Å². The molecule has 0 heterocycles. The molecule has 1 nitrogen and oxygen atoms in total. The molecule has 1 N–H and O–H groups in total. The minimum atomic E-state index is 1.13. The fourth-order valence-electron chi connectivity index (χ4n) is 1.94. The van der Waals surface area contributed by atoms with Crippen LogP contribution in [-0.4, -0.2) is 17.3 Å². The molecule has 0 amide bonds. The van der Waals surface area contributed by atoms with Crippen LogP contribution in [0.25, 0.3) is 0 Å². The molecule has 0 bridgehead atoms. The molecule has 0 fully saturated rings. The minimum absolute atomic E-state index is 1.13. The molecule has 0 saturated carbocycles. The maximum absolute atomic E-state index is 3.26. The fourth-order valence-corrected chi connectivity index (χ4v) is 2.76. The van der Waals surface area contributed by atoms with Gasteiger partial charge in [0.25, 0.3) is 0 Å². The van der Waals surface area contributed by atoms with Crippen molar-refractivity contribution in [3.8, 4) is 0 Å². The van der Waals surface area contributed by atoms with Crippen molar-refractivity contribution in [2.75, 3.05) is 12.4 Å². The summed E-state index contributed by atoms with van der Waals surface area (Å²) in [6.07, 6.45) is 2.30. The van der Waals surface area contributed by atoms with Gasteiger partial charge in [-0.15, -0.1) is 0 Å². The summed E-state index contributed by atoms with van der Waals surface area (Å²) in [5, 5.41) is 4.82. The van der Waals surface area contributed by atoms with Crippen molar-refractivity contribution in [3.63, 3.8) is 0 Å². The Labute approximate surface area is 84.0 Å². The average molecular weight is 193 g/mol. The summed E-state index contributed by atoms with van der Waals surface area (Å²) in [7, 11) is 3.16. The molecule has 0 unspecified atom stereocenters. The van der Waals surface area contributed by atoms with E-state index in [2.05, 4.69) is 31.3 Å². The molecule has 1 rings (SSSR count). The molecule has 0 aromatic heterocycles. The lowest BCUT2D eigenvalue weighted by molar-refractivity contribution is 1.05. The van der Waals surface area contributed by atoms with Crippen LogP contribution < -0.4 is 10.5 Å². The van der Waals surface area contributed by atoms with Gasteiger partial charge in [-0.25, -0.2) is 0 Å². The van der Waals surface area contributed by atoms with Gasteiger partial charge in [0, 0.05) is 23.0 Å². The standard InChI is InChI=1S/C11H19NSi/c1-4-8-9(5-2)11(13)7-6-10(8)12-3/h6-7,12H,4-5H2,1-3,13H3. The first-order valence-electron chi connectivity index (χ1n) is 5.03. The third-order valence-electron chi connectivity index (χ3n) is 2.64. The number of benzene rings is 1. The molecule has 0 atom stereocenters. The Morgan fingerprint density at radius 3 is 2.23 bits per heavy atom. The third kappa shape index (κ3) is 1.94. The normalized spacial score (nSPS) is 10.4. The first-order valence-corrected chi connectivity index (χ1v) is 6.03. The molecule has 0 aliphatic carbocycles. The van der Waals surface area contributed by atoms with Crippen LogP contribution in [0.1, 0.15) is 25.0 Å². The van der Waals surface area contributed by atoms with Gasteiger partial charge in [-0.2, -0.15) is 0 Å². The number of nitrogens with one attached hydrogen (secondary N) is 1. The van der Waals surface area contributed by atoms with Gasteiger partial charge in [0.2, 0.25) is 0 Å². The largest absolute Gasteiger partial charge is 0.388 e. The second-order valence-corrected chi connectivity index (χ2v) is 4.42. The van der Waals surface area contributed by atoms with Crippen LogP contribution in [0.2, 0.25) is 0 Å². The van der Waals surface area contributed by atoms with Crippen molar-refractivity contribution < 1.29 is 0 Å². The Morgan fingerprint density at radius 1 is 1.15 bits per heavy atom. The van der Waals surface area contributed by atoms with Gasteiger partial charge in [-0.3, -0.25) is 0 Å². The van der Waals surface area contributed by atoms with Crippen molar-refractivity contribution >= 4 is 21.1 Å². The molecule has 1 aromatic rings. The zero-order valence-electron chi connectivity index (χ0n) is 9.07. The molecule has 0 aliphatic heterocycles. The fraction of sp³-hybridized carbons (Fsp3) is 0.455. The molecule has 72 valence electrons.